The highest BCUT2D eigenvalue weighted by molar-refractivity contribution is 6.01. The lowest BCUT2D eigenvalue weighted by atomic mass is 9.95. The predicted molar refractivity (Wildman–Crippen MR) is 107 cm³/mol. The van der Waals surface area contributed by atoms with Gasteiger partial charge in [0.2, 0.25) is 0 Å². The van der Waals surface area contributed by atoms with Gasteiger partial charge >= 0.3 is 0 Å². The Morgan fingerprint density at radius 3 is 2.64 bits per heavy atom. The first kappa shape index (κ1) is 18.5. The molecule has 1 fully saturated rings. The van der Waals surface area contributed by atoms with Gasteiger partial charge in [-0.15, -0.1) is 0 Å². The van der Waals surface area contributed by atoms with Gasteiger partial charge in [0.15, 0.2) is 0 Å². The molecule has 4 rings (SSSR count). The molecule has 0 saturated heterocycles. The van der Waals surface area contributed by atoms with Crippen LogP contribution in [0.2, 0.25) is 0 Å². The SMILES string of the molecule is COc1ccc(Cc2cc(C(=O)NC3CCCCC3)c3c(F)cccn23)cc1. The second-order valence-electron chi connectivity index (χ2n) is 7.46. The van der Waals surface area contributed by atoms with E-state index in [9.17, 15) is 9.18 Å². The van der Waals surface area contributed by atoms with E-state index in [0.29, 0.717) is 17.5 Å². The van der Waals surface area contributed by atoms with Crippen molar-refractivity contribution in [2.45, 2.75) is 44.6 Å². The minimum atomic E-state index is -0.378. The molecule has 1 aliphatic carbocycles. The van der Waals surface area contributed by atoms with Crippen LogP contribution in [-0.4, -0.2) is 23.5 Å². The van der Waals surface area contributed by atoms with Crippen molar-refractivity contribution in [1.29, 1.82) is 0 Å². The molecule has 1 aliphatic rings. The summed E-state index contributed by atoms with van der Waals surface area (Å²) in [7, 11) is 1.63. The highest BCUT2D eigenvalue weighted by atomic mass is 19.1. The second-order valence-corrected chi connectivity index (χ2v) is 7.46. The van der Waals surface area contributed by atoms with Crippen LogP contribution in [0.4, 0.5) is 4.39 Å². The minimum Gasteiger partial charge on any atom is -0.497 e. The summed E-state index contributed by atoms with van der Waals surface area (Å²) < 4.78 is 21.6. The number of carbonyl (C=O) groups is 1. The highest BCUT2D eigenvalue weighted by Gasteiger charge is 2.22. The number of fused-ring (bicyclic) bond motifs is 1. The van der Waals surface area contributed by atoms with Crippen LogP contribution in [0.25, 0.3) is 5.52 Å². The first-order valence-electron chi connectivity index (χ1n) is 9.88. The molecule has 2 aromatic heterocycles. The number of rotatable bonds is 5. The van der Waals surface area contributed by atoms with E-state index >= 15 is 0 Å². The van der Waals surface area contributed by atoms with E-state index in [4.69, 9.17) is 4.74 Å². The number of aromatic nitrogens is 1. The first-order valence-corrected chi connectivity index (χ1v) is 9.88. The Labute approximate surface area is 164 Å². The molecule has 2 heterocycles. The number of methoxy groups -OCH3 is 1. The van der Waals surface area contributed by atoms with Crippen LogP contribution in [0.15, 0.2) is 48.7 Å². The van der Waals surface area contributed by atoms with Crippen LogP contribution < -0.4 is 10.1 Å². The first-order chi connectivity index (χ1) is 13.7. The fraction of sp³-hybridized carbons (Fsp3) is 0.348. The Morgan fingerprint density at radius 2 is 1.93 bits per heavy atom. The molecule has 146 valence electrons. The molecule has 3 aromatic rings. The van der Waals surface area contributed by atoms with Gasteiger partial charge in [-0.2, -0.15) is 0 Å². The van der Waals surface area contributed by atoms with Gasteiger partial charge < -0.3 is 14.5 Å². The highest BCUT2D eigenvalue weighted by Crippen LogP contribution is 2.24. The quantitative estimate of drug-likeness (QED) is 0.695. The second kappa shape index (κ2) is 8.05. The third kappa shape index (κ3) is 3.75. The van der Waals surface area contributed by atoms with Crippen molar-refractivity contribution in [3.8, 4) is 5.75 Å². The molecule has 1 saturated carbocycles. The fourth-order valence-electron chi connectivity index (χ4n) is 4.06. The number of nitrogens with one attached hydrogen (secondary N) is 1. The molecular weight excluding hydrogens is 355 g/mol. The molecule has 1 amide bonds. The minimum absolute atomic E-state index is 0.185. The van der Waals surface area contributed by atoms with Crippen LogP contribution in [0.1, 0.15) is 53.7 Å². The van der Waals surface area contributed by atoms with Gasteiger partial charge in [-0.25, -0.2) is 4.39 Å². The lowest BCUT2D eigenvalue weighted by Gasteiger charge is -2.22. The van der Waals surface area contributed by atoms with Gasteiger partial charge in [0.1, 0.15) is 11.6 Å². The molecule has 0 spiro atoms. The van der Waals surface area contributed by atoms with E-state index in [1.54, 1.807) is 17.6 Å². The summed E-state index contributed by atoms with van der Waals surface area (Å²) in [5.74, 6) is 0.232. The van der Waals surface area contributed by atoms with Gasteiger partial charge in [-0.05, 0) is 48.7 Å². The monoisotopic (exact) mass is 380 g/mol. The number of pyridine rings is 1. The molecule has 1 N–H and O–H groups in total. The molecule has 0 unspecified atom stereocenters. The Morgan fingerprint density at radius 1 is 1.18 bits per heavy atom. The van der Waals surface area contributed by atoms with Gasteiger partial charge in [0.25, 0.3) is 5.91 Å². The molecule has 0 radical (unpaired) electrons. The Bertz CT molecular complexity index is 972. The van der Waals surface area contributed by atoms with E-state index in [1.807, 2.05) is 36.5 Å². The van der Waals surface area contributed by atoms with Crippen molar-refractivity contribution >= 4 is 11.4 Å². The van der Waals surface area contributed by atoms with Crippen molar-refractivity contribution < 1.29 is 13.9 Å². The molecular formula is C23H25FN2O2. The third-order valence-corrected chi connectivity index (χ3v) is 5.55. The summed E-state index contributed by atoms with van der Waals surface area (Å²) in [6.07, 6.45) is 7.91. The molecule has 0 bridgehead atoms. The Hall–Kier alpha value is -2.82. The smallest absolute Gasteiger partial charge is 0.253 e. The maximum atomic E-state index is 14.6. The summed E-state index contributed by atoms with van der Waals surface area (Å²) >= 11 is 0. The number of halogens is 1. The van der Waals surface area contributed by atoms with Crippen LogP contribution in [0.3, 0.4) is 0 Å². The summed E-state index contributed by atoms with van der Waals surface area (Å²) in [6, 6.07) is 12.9. The zero-order chi connectivity index (χ0) is 19.5. The maximum Gasteiger partial charge on any atom is 0.253 e. The lowest BCUT2D eigenvalue weighted by Crippen LogP contribution is -2.36. The molecule has 1 aromatic carbocycles. The fourth-order valence-corrected chi connectivity index (χ4v) is 4.06. The van der Waals surface area contributed by atoms with Crippen LogP contribution in [0.5, 0.6) is 5.75 Å². The number of hydrogen-bond acceptors (Lipinski definition) is 2. The number of benzene rings is 1. The Balaban J connectivity index is 1.65. The number of hydrogen-bond donors (Lipinski definition) is 1. The van der Waals surface area contributed by atoms with E-state index in [1.165, 1.54) is 12.5 Å². The van der Waals surface area contributed by atoms with E-state index in [0.717, 1.165) is 42.7 Å². The van der Waals surface area contributed by atoms with Crippen molar-refractivity contribution in [2.24, 2.45) is 0 Å². The predicted octanol–water partition coefficient (Wildman–Crippen LogP) is 4.74. The zero-order valence-electron chi connectivity index (χ0n) is 16.1. The van der Waals surface area contributed by atoms with Gasteiger partial charge in [-0.3, -0.25) is 4.79 Å². The zero-order valence-corrected chi connectivity index (χ0v) is 16.1. The average molecular weight is 380 g/mol. The van der Waals surface area contributed by atoms with Crippen molar-refractivity contribution in [2.75, 3.05) is 7.11 Å². The molecule has 5 heteroatoms. The number of ether oxygens (including phenoxy) is 1. The van der Waals surface area contributed by atoms with E-state index < -0.39 is 0 Å². The largest absolute Gasteiger partial charge is 0.497 e. The maximum absolute atomic E-state index is 14.6. The number of carbonyl (C=O) groups excluding carboxylic acids is 1. The topological polar surface area (TPSA) is 42.7 Å². The molecule has 28 heavy (non-hydrogen) atoms. The summed E-state index contributed by atoms with van der Waals surface area (Å²) in [4.78, 5) is 12.9. The van der Waals surface area contributed by atoms with Crippen molar-refractivity contribution in [3.63, 3.8) is 0 Å². The van der Waals surface area contributed by atoms with E-state index in [2.05, 4.69) is 5.32 Å². The van der Waals surface area contributed by atoms with Gasteiger partial charge in [-0.1, -0.05) is 31.4 Å². The van der Waals surface area contributed by atoms with Crippen LogP contribution in [-0.2, 0) is 6.42 Å². The normalized spacial score (nSPS) is 14.9. The van der Waals surface area contributed by atoms with Crippen LogP contribution >= 0.6 is 0 Å². The summed E-state index contributed by atoms with van der Waals surface area (Å²) in [5, 5.41) is 3.11. The Kier molecular flexibility index (Phi) is 5.33. The summed E-state index contributed by atoms with van der Waals surface area (Å²) in [6.45, 7) is 0. The van der Waals surface area contributed by atoms with E-state index in [-0.39, 0.29) is 17.8 Å². The van der Waals surface area contributed by atoms with Crippen molar-refractivity contribution in [3.05, 3.63) is 71.3 Å². The van der Waals surface area contributed by atoms with Gasteiger partial charge in [0, 0.05) is 24.4 Å². The third-order valence-electron chi connectivity index (χ3n) is 5.55. The van der Waals surface area contributed by atoms with Crippen LogP contribution in [0, 0.1) is 5.82 Å². The standard InChI is InChI=1S/C23H25FN2O2/c1-28-19-11-9-16(10-12-19)14-18-15-20(22-21(24)8-5-13-26(18)22)23(27)25-17-6-3-2-4-7-17/h5,8-13,15,17H,2-4,6-7,14H2,1H3,(H,25,27). The summed E-state index contributed by atoms with van der Waals surface area (Å²) in [5.41, 5.74) is 2.71. The van der Waals surface area contributed by atoms with Gasteiger partial charge in [0.05, 0.1) is 18.2 Å². The molecule has 0 atom stereocenters. The number of amides is 1. The molecule has 0 aliphatic heterocycles. The van der Waals surface area contributed by atoms with Crippen molar-refractivity contribution in [1.82, 2.24) is 9.72 Å². The lowest BCUT2D eigenvalue weighted by molar-refractivity contribution is 0.0929. The number of nitrogens with zero attached hydrogens (tertiary/aromatic N) is 1. The molecule has 4 nitrogen and oxygen atoms in total. The average Bonchev–Trinajstić information content (AvgIpc) is 3.09.